The van der Waals surface area contributed by atoms with E-state index >= 15 is 0 Å². The number of ether oxygens (including phenoxy) is 1. The molecule has 0 radical (unpaired) electrons. The molecule has 0 aromatic carbocycles. The highest BCUT2D eigenvalue weighted by atomic mass is 16.5. The van der Waals surface area contributed by atoms with Gasteiger partial charge in [-0.05, 0) is 63.3 Å². The second-order valence-corrected chi connectivity index (χ2v) is 12.3. The van der Waals surface area contributed by atoms with Gasteiger partial charge < -0.3 is 25.0 Å². The van der Waals surface area contributed by atoms with E-state index in [0.717, 1.165) is 69.4 Å². The van der Waals surface area contributed by atoms with Gasteiger partial charge in [0.05, 0.1) is 5.69 Å². The van der Waals surface area contributed by atoms with Gasteiger partial charge in [0.1, 0.15) is 6.23 Å². The van der Waals surface area contributed by atoms with Crippen LogP contribution >= 0.6 is 0 Å². The number of likely N-dealkylation sites (N-methyl/N-ethyl adjacent to an activating group) is 2. The molecule has 2 amide bonds. The van der Waals surface area contributed by atoms with Gasteiger partial charge in [-0.1, -0.05) is 27.7 Å². The quantitative estimate of drug-likeness (QED) is 0.440. The van der Waals surface area contributed by atoms with E-state index in [0.29, 0.717) is 25.6 Å². The third kappa shape index (κ3) is 8.18. The van der Waals surface area contributed by atoms with Gasteiger partial charge in [-0.15, -0.1) is 0 Å². The summed E-state index contributed by atoms with van der Waals surface area (Å²) in [7, 11) is 3.61. The molecule has 1 aliphatic carbocycles. The number of carbonyl (C=O) groups excluding carboxylic acids is 1. The van der Waals surface area contributed by atoms with E-state index in [1.807, 2.05) is 11.7 Å². The number of nitrogens with one attached hydrogen (secondary N) is 1. The summed E-state index contributed by atoms with van der Waals surface area (Å²) in [6, 6.07) is 0. The SMILES string of the molecule is CC(C)CCNC(=O)[C@H]1CC(c2nn(C3CCCCO3)cc2CN(C)CCN(C)C(=O)O)CCC1(C)C. The Morgan fingerprint density at radius 2 is 2.00 bits per heavy atom. The van der Waals surface area contributed by atoms with Crippen LogP contribution in [-0.4, -0.2) is 77.0 Å². The van der Waals surface area contributed by atoms with Crippen molar-refractivity contribution in [1.29, 1.82) is 0 Å². The summed E-state index contributed by atoms with van der Waals surface area (Å²) in [6.07, 6.45) is 8.10. The van der Waals surface area contributed by atoms with Crippen molar-refractivity contribution < 1.29 is 19.4 Å². The molecule has 9 nitrogen and oxygen atoms in total. The van der Waals surface area contributed by atoms with Crippen molar-refractivity contribution >= 4 is 12.0 Å². The molecule has 1 saturated heterocycles. The lowest BCUT2D eigenvalue weighted by atomic mass is 9.64. The fourth-order valence-corrected chi connectivity index (χ4v) is 5.53. The zero-order chi connectivity index (χ0) is 27.2. The van der Waals surface area contributed by atoms with Gasteiger partial charge in [-0.3, -0.25) is 4.79 Å². The molecule has 37 heavy (non-hydrogen) atoms. The van der Waals surface area contributed by atoms with Gasteiger partial charge in [0, 0.05) is 63.4 Å². The average Bonchev–Trinajstić information content (AvgIpc) is 3.26. The number of hydrogen-bond donors (Lipinski definition) is 2. The first-order valence-electron chi connectivity index (χ1n) is 14.1. The van der Waals surface area contributed by atoms with Crippen molar-refractivity contribution in [1.82, 2.24) is 24.9 Å². The molecule has 3 rings (SSSR count). The Hall–Kier alpha value is -2.13. The minimum atomic E-state index is -0.918. The Morgan fingerprint density at radius 3 is 2.65 bits per heavy atom. The molecule has 210 valence electrons. The number of amides is 2. The fourth-order valence-electron chi connectivity index (χ4n) is 5.53. The molecular formula is C28H49N5O4. The Kier molecular flexibility index (Phi) is 10.4. The third-order valence-corrected chi connectivity index (χ3v) is 8.20. The minimum Gasteiger partial charge on any atom is -0.465 e. The van der Waals surface area contributed by atoms with Crippen molar-refractivity contribution in [2.75, 3.05) is 40.3 Å². The van der Waals surface area contributed by atoms with Crippen LogP contribution in [0.4, 0.5) is 4.79 Å². The van der Waals surface area contributed by atoms with Gasteiger partial charge in [-0.2, -0.15) is 5.10 Å². The van der Waals surface area contributed by atoms with Crippen LogP contribution in [0.3, 0.4) is 0 Å². The van der Waals surface area contributed by atoms with Gasteiger partial charge in [0.2, 0.25) is 5.91 Å². The first-order valence-corrected chi connectivity index (χ1v) is 14.1. The van der Waals surface area contributed by atoms with Crippen molar-refractivity contribution in [2.24, 2.45) is 17.3 Å². The molecular weight excluding hydrogens is 470 g/mol. The number of nitrogens with zero attached hydrogens (tertiary/aromatic N) is 4. The molecule has 2 N–H and O–H groups in total. The molecule has 1 saturated carbocycles. The smallest absolute Gasteiger partial charge is 0.407 e. The highest BCUT2D eigenvalue weighted by Gasteiger charge is 2.42. The van der Waals surface area contributed by atoms with Gasteiger partial charge >= 0.3 is 6.09 Å². The number of hydrogen-bond acceptors (Lipinski definition) is 5. The van der Waals surface area contributed by atoms with Crippen LogP contribution in [0, 0.1) is 17.3 Å². The molecule has 3 atom stereocenters. The third-order valence-electron chi connectivity index (χ3n) is 8.20. The topological polar surface area (TPSA) is 99.9 Å². The summed E-state index contributed by atoms with van der Waals surface area (Å²) in [6.45, 7) is 12.0. The predicted molar refractivity (Wildman–Crippen MR) is 144 cm³/mol. The standard InChI is InChI=1S/C28H49N5O4/c1-20(2)11-13-29-26(34)23-17-21(10-12-28(23,3)4)25-22(18-31(5)14-15-32(6)27(35)36)19-33(30-25)24-9-7-8-16-37-24/h19-21,23-24H,7-18H2,1-6H3,(H,29,34)(H,35,36)/t21?,23-,24?/m1/s1. The highest BCUT2D eigenvalue weighted by Crippen LogP contribution is 2.47. The Labute approximate surface area is 222 Å². The van der Waals surface area contributed by atoms with Crippen LogP contribution in [0.25, 0.3) is 0 Å². The van der Waals surface area contributed by atoms with Gasteiger partial charge in [-0.25, -0.2) is 9.48 Å². The molecule has 1 aromatic rings. The van der Waals surface area contributed by atoms with E-state index in [2.05, 4.69) is 44.1 Å². The molecule has 2 heterocycles. The second kappa shape index (κ2) is 13.1. The van der Waals surface area contributed by atoms with Crippen molar-refractivity contribution in [3.8, 4) is 0 Å². The molecule has 0 bridgehead atoms. The molecule has 2 aliphatic rings. The summed E-state index contributed by atoms with van der Waals surface area (Å²) < 4.78 is 8.04. The molecule has 2 fully saturated rings. The van der Waals surface area contributed by atoms with Crippen LogP contribution in [-0.2, 0) is 16.1 Å². The fraction of sp³-hybridized carbons (Fsp3) is 0.821. The van der Waals surface area contributed by atoms with Crippen LogP contribution in [0.2, 0.25) is 0 Å². The first-order chi connectivity index (χ1) is 17.5. The summed E-state index contributed by atoms with van der Waals surface area (Å²) in [4.78, 5) is 27.9. The number of carbonyl (C=O) groups is 2. The molecule has 1 aliphatic heterocycles. The summed E-state index contributed by atoms with van der Waals surface area (Å²) >= 11 is 0. The van der Waals surface area contributed by atoms with Gasteiger partial charge in [0.15, 0.2) is 0 Å². The Balaban J connectivity index is 1.78. The van der Waals surface area contributed by atoms with E-state index in [-0.39, 0.29) is 29.4 Å². The van der Waals surface area contributed by atoms with E-state index in [1.165, 1.54) is 4.90 Å². The molecule has 1 aromatic heterocycles. The number of aromatic nitrogens is 2. The maximum atomic E-state index is 13.3. The van der Waals surface area contributed by atoms with E-state index in [4.69, 9.17) is 9.84 Å². The van der Waals surface area contributed by atoms with E-state index in [9.17, 15) is 14.7 Å². The predicted octanol–water partition coefficient (Wildman–Crippen LogP) is 4.70. The molecule has 2 unspecified atom stereocenters. The second-order valence-electron chi connectivity index (χ2n) is 12.3. The van der Waals surface area contributed by atoms with Crippen LogP contribution in [0.15, 0.2) is 6.20 Å². The van der Waals surface area contributed by atoms with E-state index < -0.39 is 6.09 Å². The first kappa shape index (κ1) is 29.4. The summed E-state index contributed by atoms with van der Waals surface area (Å²) in [5.74, 6) is 0.891. The number of carboxylic acid groups (broad SMARTS) is 1. The average molecular weight is 520 g/mol. The highest BCUT2D eigenvalue weighted by molar-refractivity contribution is 5.79. The normalized spacial score (nSPS) is 23.8. The summed E-state index contributed by atoms with van der Waals surface area (Å²) in [5, 5.41) is 17.5. The van der Waals surface area contributed by atoms with Crippen molar-refractivity contribution in [2.45, 2.75) is 91.3 Å². The molecule has 0 spiro atoms. The van der Waals surface area contributed by atoms with E-state index in [1.54, 1.807) is 7.05 Å². The summed E-state index contributed by atoms with van der Waals surface area (Å²) in [5.41, 5.74) is 2.17. The lowest BCUT2D eigenvalue weighted by molar-refractivity contribution is -0.130. The maximum Gasteiger partial charge on any atom is 0.407 e. The van der Waals surface area contributed by atoms with Crippen LogP contribution < -0.4 is 5.32 Å². The lowest BCUT2D eigenvalue weighted by Gasteiger charge is -2.41. The van der Waals surface area contributed by atoms with Gasteiger partial charge in [0.25, 0.3) is 0 Å². The molecule has 9 heteroatoms. The van der Waals surface area contributed by atoms with Crippen molar-refractivity contribution in [3.05, 3.63) is 17.5 Å². The van der Waals surface area contributed by atoms with Crippen LogP contribution in [0.5, 0.6) is 0 Å². The number of rotatable bonds is 11. The van der Waals surface area contributed by atoms with Crippen LogP contribution in [0.1, 0.15) is 96.0 Å². The largest absolute Gasteiger partial charge is 0.465 e. The maximum absolute atomic E-state index is 13.3. The lowest BCUT2D eigenvalue weighted by Crippen LogP contribution is -2.43. The van der Waals surface area contributed by atoms with Crippen molar-refractivity contribution in [3.63, 3.8) is 0 Å². The monoisotopic (exact) mass is 519 g/mol. The minimum absolute atomic E-state index is 0.0418. The zero-order valence-electron chi connectivity index (χ0n) is 23.8. The Bertz CT molecular complexity index is 893. The zero-order valence-corrected chi connectivity index (χ0v) is 23.8. The Morgan fingerprint density at radius 1 is 1.24 bits per heavy atom.